The van der Waals surface area contributed by atoms with E-state index in [4.69, 9.17) is 9.84 Å². The number of aromatic nitrogens is 3. The Labute approximate surface area is 163 Å². The number of ether oxygens (including phenoxy) is 1. The predicted molar refractivity (Wildman–Crippen MR) is 99.9 cm³/mol. The van der Waals surface area contributed by atoms with E-state index in [1.807, 2.05) is 0 Å². The van der Waals surface area contributed by atoms with Crippen molar-refractivity contribution in [3.05, 3.63) is 70.8 Å². The first-order chi connectivity index (χ1) is 13.8. The van der Waals surface area contributed by atoms with Gasteiger partial charge in [0.15, 0.2) is 0 Å². The van der Waals surface area contributed by atoms with Gasteiger partial charge in [0.25, 0.3) is 11.6 Å². The van der Waals surface area contributed by atoms with Gasteiger partial charge in [0, 0.05) is 24.5 Å². The smallest absolute Gasteiger partial charge is 0.328 e. The Morgan fingerprint density at radius 2 is 2.07 bits per heavy atom. The van der Waals surface area contributed by atoms with Gasteiger partial charge in [-0.05, 0) is 19.1 Å². The molecular weight excluding hydrogens is 382 g/mol. The first-order valence-electron chi connectivity index (χ1n) is 8.29. The van der Waals surface area contributed by atoms with Crippen LogP contribution in [0.5, 0.6) is 11.5 Å². The van der Waals surface area contributed by atoms with Crippen LogP contribution in [0.25, 0.3) is 0 Å². The van der Waals surface area contributed by atoms with Gasteiger partial charge in [-0.1, -0.05) is 0 Å². The number of benzene rings is 1. The van der Waals surface area contributed by atoms with Crippen molar-refractivity contribution < 1.29 is 24.4 Å². The fourth-order valence-corrected chi connectivity index (χ4v) is 2.35. The molecule has 0 saturated carbocycles. The second-order valence-electron chi connectivity index (χ2n) is 5.94. The number of nitro benzene ring substituents is 1. The molecule has 1 aromatic carbocycles. The number of non-ortho nitro benzene ring substituents is 1. The zero-order chi connectivity index (χ0) is 21.0. The summed E-state index contributed by atoms with van der Waals surface area (Å²) >= 11 is 0. The van der Waals surface area contributed by atoms with Crippen molar-refractivity contribution in [2.24, 2.45) is 0 Å². The highest BCUT2D eigenvalue weighted by Crippen LogP contribution is 2.29. The van der Waals surface area contributed by atoms with Crippen LogP contribution >= 0.6 is 0 Å². The monoisotopic (exact) mass is 397 g/mol. The Morgan fingerprint density at radius 3 is 2.72 bits per heavy atom. The number of nitrogens with one attached hydrogen (secondary N) is 1. The summed E-state index contributed by atoms with van der Waals surface area (Å²) in [5.41, 5.74) is -0.0571. The van der Waals surface area contributed by atoms with E-state index in [1.165, 1.54) is 43.7 Å². The molecule has 148 valence electrons. The van der Waals surface area contributed by atoms with Gasteiger partial charge in [-0.15, -0.1) is 0 Å². The van der Waals surface area contributed by atoms with Crippen LogP contribution in [0.2, 0.25) is 0 Å². The van der Waals surface area contributed by atoms with E-state index in [9.17, 15) is 19.7 Å². The zero-order valence-corrected chi connectivity index (χ0v) is 15.1. The Hall–Kier alpha value is -4.28. The molecule has 3 rings (SSSR count). The molecule has 2 N–H and O–H groups in total. The number of nitro groups is 1. The number of carboxylic acid groups (broad SMARTS) is 1. The summed E-state index contributed by atoms with van der Waals surface area (Å²) in [6, 6.07) is 6.14. The van der Waals surface area contributed by atoms with Crippen LogP contribution in [0.1, 0.15) is 23.3 Å². The number of rotatable bonds is 7. The van der Waals surface area contributed by atoms with Crippen molar-refractivity contribution in [1.82, 2.24) is 14.8 Å². The van der Waals surface area contributed by atoms with Crippen molar-refractivity contribution in [3.8, 4) is 11.5 Å². The third kappa shape index (κ3) is 4.71. The van der Waals surface area contributed by atoms with Crippen LogP contribution in [0.15, 0.2) is 55.1 Å². The van der Waals surface area contributed by atoms with E-state index in [0.29, 0.717) is 5.75 Å². The number of hydrogen-bond donors (Lipinski definition) is 2. The highest BCUT2D eigenvalue weighted by molar-refractivity contribution is 6.04. The summed E-state index contributed by atoms with van der Waals surface area (Å²) in [6.45, 7) is 1.42. The van der Waals surface area contributed by atoms with Gasteiger partial charge in [0.2, 0.25) is 0 Å². The number of carboxylic acids is 1. The van der Waals surface area contributed by atoms with Crippen LogP contribution in [-0.2, 0) is 4.79 Å². The molecule has 29 heavy (non-hydrogen) atoms. The number of hydrogen-bond acceptors (Lipinski definition) is 7. The molecule has 11 heteroatoms. The summed E-state index contributed by atoms with van der Waals surface area (Å²) in [5.74, 6) is -1.20. The maximum Gasteiger partial charge on any atom is 0.328 e. The van der Waals surface area contributed by atoms with Crippen molar-refractivity contribution in [2.75, 3.05) is 5.32 Å². The first-order valence-corrected chi connectivity index (χ1v) is 8.29. The minimum atomic E-state index is -1.10. The predicted octanol–water partition coefficient (Wildman–Crippen LogP) is 2.88. The SMILES string of the molecule is CC(C(=O)O)n1cc(C(=O)Nc2cc(Oc3cccnc3)cc([N+](=O)[O-])c2)cn1. The van der Waals surface area contributed by atoms with Gasteiger partial charge in [-0.25, -0.2) is 4.79 Å². The number of amides is 1. The molecular formula is C18H15N5O6. The Morgan fingerprint density at radius 1 is 1.28 bits per heavy atom. The summed E-state index contributed by atoms with van der Waals surface area (Å²) in [5, 5.41) is 26.6. The lowest BCUT2D eigenvalue weighted by atomic mass is 10.2. The van der Waals surface area contributed by atoms with Gasteiger partial charge in [0.1, 0.15) is 17.5 Å². The summed E-state index contributed by atoms with van der Waals surface area (Å²) in [6.07, 6.45) is 5.48. The Bertz CT molecular complexity index is 1070. The minimum Gasteiger partial charge on any atom is -0.480 e. The highest BCUT2D eigenvalue weighted by Gasteiger charge is 2.18. The van der Waals surface area contributed by atoms with Crippen LogP contribution in [0.3, 0.4) is 0 Å². The van der Waals surface area contributed by atoms with Crippen molar-refractivity contribution in [3.63, 3.8) is 0 Å². The van der Waals surface area contributed by atoms with E-state index in [2.05, 4.69) is 15.4 Å². The lowest BCUT2D eigenvalue weighted by molar-refractivity contribution is -0.384. The standard InChI is InChI=1S/C18H15N5O6/c1-11(18(25)26)22-10-12(8-20-22)17(24)21-13-5-14(23(27)28)7-16(6-13)29-15-3-2-4-19-9-15/h2-11H,1H3,(H,21,24)(H,25,26). The molecule has 2 aromatic heterocycles. The molecule has 0 saturated heterocycles. The number of carbonyl (C=O) groups is 2. The quantitative estimate of drug-likeness (QED) is 0.456. The molecule has 0 aliphatic heterocycles. The topological polar surface area (TPSA) is 149 Å². The molecule has 11 nitrogen and oxygen atoms in total. The Kier molecular flexibility index (Phi) is 5.49. The minimum absolute atomic E-state index is 0.0966. The van der Waals surface area contributed by atoms with Gasteiger partial charge in [-0.2, -0.15) is 5.10 Å². The molecule has 1 amide bonds. The number of anilines is 1. The maximum absolute atomic E-state index is 12.4. The lowest BCUT2D eigenvalue weighted by Crippen LogP contribution is -2.16. The maximum atomic E-state index is 12.4. The molecule has 0 spiro atoms. The molecule has 0 fully saturated rings. The molecule has 3 aromatic rings. The third-order valence-electron chi connectivity index (χ3n) is 3.85. The molecule has 0 aliphatic rings. The van der Waals surface area contributed by atoms with Crippen LogP contribution in [-0.4, -0.2) is 36.7 Å². The summed E-state index contributed by atoms with van der Waals surface area (Å²) in [4.78, 5) is 38.0. The van der Waals surface area contributed by atoms with Gasteiger partial charge >= 0.3 is 5.97 Å². The summed E-state index contributed by atoms with van der Waals surface area (Å²) < 4.78 is 6.69. The first kappa shape index (κ1) is 19.5. The lowest BCUT2D eigenvalue weighted by Gasteiger charge is -2.09. The van der Waals surface area contributed by atoms with E-state index < -0.39 is 22.8 Å². The number of aliphatic carboxylic acids is 1. The van der Waals surface area contributed by atoms with Crippen LogP contribution in [0, 0.1) is 10.1 Å². The van der Waals surface area contributed by atoms with E-state index in [1.54, 1.807) is 18.3 Å². The molecule has 0 radical (unpaired) electrons. The van der Waals surface area contributed by atoms with Crippen LogP contribution in [0.4, 0.5) is 11.4 Å². The van der Waals surface area contributed by atoms with E-state index in [-0.39, 0.29) is 22.7 Å². The highest BCUT2D eigenvalue weighted by atomic mass is 16.6. The van der Waals surface area contributed by atoms with E-state index in [0.717, 1.165) is 4.68 Å². The molecule has 2 heterocycles. The fourth-order valence-electron chi connectivity index (χ4n) is 2.35. The second kappa shape index (κ2) is 8.17. The van der Waals surface area contributed by atoms with Crippen molar-refractivity contribution >= 4 is 23.3 Å². The van der Waals surface area contributed by atoms with E-state index >= 15 is 0 Å². The zero-order valence-electron chi connectivity index (χ0n) is 15.1. The second-order valence-corrected chi connectivity index (χ2v) is 5.94. The fraction of sp³-hybridized carbons (Fsp3) is 0.111. The number of pyridine rings is 1. The number of carbonyl (C=O) groups excluding carboxylic acids is 1. The van der Waals surface area contributed by atoms with Crippen molar-refractivity contribution in [2.45, 2.75) is 13.0 Å². The third-order valence-corrected chi connectivity index (χ3v) is 3.85. The molecule has 1 atom stereocenters. The number of nitrogens with zero attached hydrogens (tertiary/aromatic N) is 4. The van der Waals surface area contributed by atoms with Gasteiger partial charge < -0.3 is 15.2 Å². The molecule has 1 unspecified atom stereocenters. The van der Waals surface area contributed by atoms with Crippen molar-refractivity contribution in [1.29, 1.82) is 0 Å². The normalized spacial score (nSPS) is 11.5. The molecule has 0 bridgehead atoms. The largest absolute Gasteiger partial charge is 0.480 e. The van der Waals surface area contributed by atoms with Gasteiger partial charge in [0.05, 0.1) is 34.6 Å². The van der Waals surface area contributed by atoms with Gasteiger partial charge in [-0.3, -0.25) is 24.6 Å². The Balaban J connectivity index is 1.83. The van der Waals surface area contributed by atoms with Crippen LogP contribution < -0.4 is 10.1 Å². The summed E-state index contributed by atoms with van der Waals surface area (Å²) in [7, 11) is 0. The average molecular weight is 397 g/mol. The molecule has 0 aliphatic carbocycles. The average Bonchev–Trinajstić information content (AvgIpc) is 3.18.